The van der Waals surface area contributed by atoms with Gasteiger partial charge in [0.25, 0.3) is 0 Å². The van der Waals surface area contributed by atoms with Gasteiger partial charge in [0.2, 0.25) is 0 Å². The summed E-state index contributed by atoms with van der Waals surface area (Å²) in [6.45, 7) is 0. The topological polar surface area (TPSA) is 0 Å². The predicted octanol–water partition coefficient (Wildman–Crippen LogP) is 4.74. The fourth-order valence-electron chi connectivity index (χ4n) is 2.27. The molecule has 0 amide bonds. The normalized spacial score (nSPS) is 17.1. The summed E-state index contributed by atoms with van der Waals surface area (Å²) in [7, 11) is 0. The fourth-order valence-corrected chi connectivity index (χ4v) is 2.40. The van der Waals surface area contributed by atoms with Gasteiger partial charge in [-0.05, 0) is 17.7 Å². The van der Waals surface area contributed by atoms with Crippen LogP contribution in [0.2, 0.25) is 5.02 Å². The van der Waals surface area contributed by atoms with Crippen LogP contribution in [0.1, 0.15) is 18.4 Å². The summed E-state index contributed by atoms with van der Waals surface area (Å²) in [4.78, 5) is 0. The number of hydrogen-bond acceptors (Lipinski definition) is 0. The quantitative estimate of drug-likeness (QED) is 0.546. The van der Waals surface area contributed by atoms with Gasteiger partial charge in [-0.25, -0.2) is 0 Å². The van der Waals surface area contributed by atoms with Crippen LogP contribution < -0.4 is 0 Å². The first-order valence-corrected chi connectivity index (χ1v) is 6.16. The van der Waals surface area contributed by atoms with Crippen LogP contribution in [0.3, 0.4) is 0 Å². The molecule has 0 unspecified atom stereocenters. The molecule has 0 fully saturated rings. The van der Waals surface area contributed by atoms with Crippen molar-refractivity contribution in [2.45, 2.75) is 12.8 Å². The van der Waals surface area contributed by atoms with E-state index in [0.717, 1.165) is 17.9 Å². The van der Waals surface area contributed by atoms with Crippen molar-refractivity contribution in [3.05, 3.63) is 76.4 Å². The standard InChI is InChI=1S/C16H12Cl.Fe/c17-14-10-8-13(9-11-14)16-7-3-6-15(16)12-4-1-2-5-12;/h1,3-4,7-11H,2,6H2;/q-1;. The van der Waals surface area contributed by atoms with E-state index in [2.05, 4.69) is 42.5 Å². The van der Waals surface area contributed by atoms with Crippen molar-refractivity contribution in [2.75, 3.05) is 0 Å². The van der Waals surface area contributed by atoms with Crippen LogP contribution in [-0.4, -0.2) is 0 Å². The first kappa shape index (κ1) is 13.4. The van der Waals surface area contributed by atoms with E-state index in [-0.39, 0.29) is 17.1 Å². The van der Waals surface area contributed by atoms with E-state index in [1.165, 1.54) is 22.3 Å². The zero-order chi connectivity index (χ0) is 11.7. The predicted molar refractivity (Wildman–Crippen MR) is 72.6 cm³/mol. The van der Waals surface area contributed by atoms with Crippen molar-refractivity contribution in [1.29, 1.82) is 0 Å². The second kappa shape index (κ2) is 5.75. The summed E-state index contributed by atoms with van der Waals surface area (Å²) in [5.74, 6) is 0. The average molecular weight is 296 g/mol. The number of allylic oxidation sites excluding steroid dienone is 8. The largest absolute Gasteiger partial charge is 0.198 e. The van der Waals surface area contributed by atoms with Crippen LogP contribution in [0.25, 0.3) is 5.57 Å². The molecule has 0 heterocycles. The Kier molecular flexibility index (Phi) is 4.29. The van der Waals surface area contributed by atoms with Gasteiger partial charge in [0.1, 0.15) is 0 Å². The molecule has 1 aromatic rings. The number of rotatable bonds is 2. The minimum absolute atomic E-state index is 0. The van der Waals surface area contributed by atoms with Gasteiger partial charge in [-0.15, -0.1) is 11.6 Å². The maximum Gasteiger partial charge on any atom is 0.0406 e. The molecule has 2 heteroatoms. The molecule has 0 N–H and O–H groups in total. The Balaban J connectivity index is 0.00000120. The summed E-state index contributed by atoms with van der Waals surface area (Å²) in [6.07, 6.45) is 14.1. The van der Waals surface area contributed by atoms with E-state index in [1.54, 1.807) is 0 Å². The Morgan fingerprint density at radius 1 is 1.00 bits per heavy atom. The third-order valence-corrected chi connectivity index (χ3v) is 3.36. The minimum Gasteiger partial charge on any atom is -0.198 e. The second-order valence-electron chi connectivity index (χ2n) is 4.20. The van der Waals surface area contributed by atoms with E-state index in [4.69, 9.17) is 11.6 Å². The van der Waals surface area contributed by atoms with Crippen molar-refractivity contribution in [3.8, 4) is 0 Å². The van der Waals surface area contributed by atoms with E-state index in [0.29, 0.717) is 0 Å². The van der Waals surface area contributed by atoms with Crippen LogP contribution in [0, 0.1) is 6.08 Å². The molecule has 0 atom stereocenters. The van der Waals surface area contributed by atoms with Crippen molar-refractivity contribution in [3.63, 3.8) is 0 Å². The molecule has 18 heavy (non-hydrogen) atoms. The molecule has 0 aliphatic heterocycles. The zero-order valence-electron chi connectivity index (χ0n) is 9.76. The van der Waals surface area contributed by atoms with Gasteiger partial charge in [0, 0.05) is 22.1 Å². The summed E-state index contributed by atoms with van der Waals surface area (Å²) in [5, 5.41) is 0.782. The van der Waals surface area contributed by atoms with Crippen LogP contribution >= 0.6 is 11.6 Å². The van der Waals surface area contributed by atoms with E-state index in [9.17, 15) is 0 Å². The smallest absolute Gasteiger partial charge is 0.0406 e. The minimum atomic E-state index is 0. The number of benzene rings is 1. The van der Waals surface area contributed by atoms with Crippen molar-refractivity contribution >= 4 is 17.2 Å². The number of halogens is 1. The summed E-state index contributed by atoms with van der Waals surface area (Å²) < 4.78 is 0. The molecule has 2 aliphatic carbocycles. The van der Waals surface area contributed by atoms with Crippen molar-refractivity contribution < 1.29 is 17.1 Å². The molecule has 3 rings (SSSR count). The molecule has 1 aromatic carbocycles. The van der Waals surface area contributed by atoms with Crippen molar-refractivity contribution in [1.82, 2.24) is 0 Å². The Bertz CT molecular complexity index is 559. The number of hydrogen-bond donors (Lipinski definition) is 0. The monoisotopic (exact) mass is 295 g/mol. The first-order valence-electron chi connectivity index (χ1n) is 5.78. The van der Waals surface area contributed by atoms with Crippen LogP contribution in [0.15, 0.2) is 59.7 Å². The van der Waals surface area contributed by atoms with Gasteiger partial charge < -0.3 is 0 Å². The first-order chi connectivity index (χ1) is 8.34. The molecular weight excluding hydrogens is 283 g/mol. The van der Waals surface area contributed by atoms with E-state index in [1.807, 2.05) is 12.1 Å². The zero-order valence-corrected chi connectivity index (χ0v) is 11.6. The Hall–Kier alpha value is -1.01. The van der Waals surface area contributed by atoms with Gasteiger partial charge in [-0.1, -0.05) is 54.3 Å². The van der Waals surface area contributed by atoms with Gasteiger partial charge in [0.05, 0.1) is 0 Å². The molecule has 0 bridgehead atoms. The molecule has 0 radical (unpaired) electrons. The Labute approximate surface area is 123 Å². The van der Waals surface area contributed by atoms with Crippen molar-refractivity contribution in [2.24, 2.45) is 0 Å². The molecule has 0 aromatic heterocycles. The van der Waals surface area contributed by atoms with Crippen LogP contribution in [-0.2, 0) is 17.1 Å². The van der Waals surface area contributed by atoms with Crippen LogP contribution in [0.5, 0.6) is 0 Å². The molecule has 0 spiro atoms. The van der Waals surface area contributed by atoms with E-state index >= 15 is 0 Å². The molecule has 92 valence electrons. The summed E-state index contributed by atoms with van der Waals surface area (Å²) >= 11 is 5.92. The second-order valence-corrected chi connectivity index (χ2v) is 4.64. The third kappa shape index (κ3) is 2.54. The summed E-state index contributed by atoms with van der Waals surface area (Å²) in [6, 6.07) is 8.03. The molecule has 0 saturated carbocycles. The molecule has 0 nitrogen and oxygen atoms in total. The molecule has 2 aliphatic rings. The van der Waals surface area contributed by atoms with E-state index < -0.39 is 0 Å². The average Bonchev–Trinajstić information content (AvgIpc) is 3.00. The van der Waals surface area contributed by atoms with Gasteiger partial charge in [0.15, 0.2) is 0 Å². The third-order valence-electron chi connectivity index (χ3n) is 3.11. The maximum absolute atomic E-state index is 5.92. The molecule has 0 saturated heterocycles. The Morgan fingerprint density at radius 2 is 1.78 bits per heavy atom. The Morgan fingerprint density at radius 3 is 2.44 bits per heavy atom. The summed E-state index contributed by atoms with van der Waals surface area (Å²) in [5.41, 5.74) is 5.16. The fraction of sp³-hybridized carbons (Fsp3) is 0.125. The maximum atomic E-state index is 5.92. The van der Waals surface area contributed by atoms with Crippen LogP contribution in [0.4, 0.5) is 0 Å². The molecular formula is C16H12ClFe-. The van der Waals surface area contributed by atoms with Gasteiger partial charge in [-0.3, -0.25) is 0 Å². The van der Waals surface area contributed by atoms with Gasteiger partial charge >= 0.3 is 0 Å². The van der Waals surface area contributed by atoms with Gasteiger partial charge in [-0.2, -0.15) is 17.7 Å². The SMILES string of the molecule is Clc1ccc(C2=C(C3=[C-]CC=C3)CC=C2)cc1.[Fe].